The van der Waals surface area contributed by atoms with Crippen LogP contribution < -0.4 is 5.69 Å². The van der Waals surface area contributed by atoms with Crippen molar-refractivity contribution >= 4 is 0 Å². The minimum absolute atomic E-state index is 0.104. The number of rotatable bonds is 3. The molecular formula is C15H16N6O. The largest absolute Gasteiger partial charge is 0.351 e. The Kier molecular flexibility index (Phi) is 3.54. The fourth-order valence-electron chi connectivity index (χ4n) is 2.18. The molecule has 0 spiro atoms. The zero-order chi connectivity index (χ0) is 15.7. The Labute approximate surface area is 127 Å². The summed E-state index contributed by atoms with van der Waals surface area (Å²) in [5.41, 5.74) is 0.394. The van der Waals surface area contributed by atoms with Crippen LogP contribution in [0.15, 0.2) is 41.5 Å². The molecule has 0 fully saturated rings. The van der Waals surface area contributed by atoms with E-state index in [1.165, 1.54) is 9.25 Å². The minimum atomic E-state index is -0.220. The van der Waals surface area contributed by atoms with Crippen LogP contribution in [-0.2, 0) is 7.05 Å². The van der Waals surface area contributed by atoms with Gasteiger partial charge in [0.05, 0.1) is 0 Å². The fourth-order valence-corrected chi connectivity index (χ4v) is 2.18. The van der Waals surface area contributed by atoms with Gasteiger partial charge in [-0.2, -0.15) is 5.10 Å². The third-order valence-electron chi connectivity index (χ3n) is 3.22. The van der Waals surface area contributed by atoms with Gasteiger partial charge >= 0.3 is 5.69 Å². The molecular weight excluding hydrogens is 280 g/mol. The third kappa shape index (κ3) is 2.41. The molecule has 3 aromatic rings. The van der Waals surface area contributed by atoms with Crippen molar-refractivity contribution in [3.8, 4) is 17.3 Å². The highest BCUT2D eigenvalue weighted by Crippen LogP contribution is 2.17. The van der Waals surface area contributed by atoms with Crippen LogP contribution in [0.5, 0.6) is 0 Å². The predicted octanol–water partition coefficient (Wildman–Crippen LogP) is 1.55. The first-order chi connectivity index (χ1) is 10.6. The molecule has 3 heterocycles. The summed E-state index contributed by atoms with van der Waals surface area (Å²) >= 11 is 0. The van der Waals surface area contributed by atoms with Crippen molar-refractivity contribution in [2.45, 2.75) is 19.8 Å². The molecule has 3 aromatic heterocycles. The maximum atomic E-state index is 12.3. The maximum Gasteiger partial charge on any atom is 0.351 e. The van der Waals surface area contributed by atoms with Crippen LogP contribution in [0.3, 0.4) is 0 Å². The van der Waals surface area contributed by atoms with Crippen molar-refractivity contribution in [3.05, 3.63) is 53.0 Å². The molecule has 0 bridgehead atoms. The number of aromatic nitrogens is 6. The van der Waals surface area contributed by atoms with E-state index >= 15 is 0 Å². The molecule has 22 heavy (non-hydrogen) atoms. The van der Waals surface area contributed by atoms with Gasteiger partial charge in [-0.25, -0.2) is 29.0 Å². The van der Waals surface area contributed by atoms with E-state index < -0.39 is 0 Å². The lowest BCUT2D eigenvalue weighted by Crippen LogP contribution is -2.23. The Hall–Kier alpha value is -2.83. The molecule has 0 aliphatic rings. The van der Waals surface area contributed by atoms with Crippen molar-refractivity contribution in [3.63, 3.8) is 0 Å². The fraction of sp³-hybridized carbons (Fsp3) is 0.267. The number of pyridine rings is 1. The summed E-state index contributed by atoms with van der Waals surface area (Å²) in [5, 5.41) is 4.28. The molecule has 0 aliphatic carbocycles. The minimum Gasteiger partial charge on any atom is -0.246 e. The van der Waals surface area contributed by atoms with Gasteiger partial charge in [0.15, 0.2) is 5.82 Å². The van der Waals surface area contributed by atoms with E-state index in [0.717, 1.165) is 0 Å². The first-order valence-electron chi connectivity index (χ1n) is 6.98. The number of aryl methyl sites for hydroxylation is 1. The van der Waals surface area contributed by atoms with Crippen molar-refractivity contribution in [2.24, 2.45) is 7.05 Å². The number of hydrogen-bond donors (Lipinski definition) is 0. The molecule has 0 amide bonds. The Morgan fingerprint density at radius 3 is 2.50 bits per heavy atom. The van der Waals surface area contributed by atoms with E-state index in [0.29, 0.717) is 23.2 Å². The maximum absolute atomic E-state index is 12.3. The number of hydrogen-bond acceptors (Lipinski definition) is 5. The van der Waals surface area contributed by atoms with Crippen molar-refractivity contribution in [1.29, 1.82) is 0 Å². The zero-order valence-electron chi connectivity index (χ0n) is 12.6. The summed E-state index contributed by atoms with van der Waals surface area (Å²) in [5.74, 6) is 1.82. The van der Waals surface area contributed by atoms with E-state index in [1.807, 2.05) is 26.0 Å². The van der Waals surface area contributed by atoms with Crippen molar-refractivity contribution < 1.29 is 0 Å². The highest BCUT2D eigenvalue weighted by molar-refractivity contribution is 5.50. The lowest BCUT2D eigenvalue weighted by Gasteiger charge is -2.08. The normalized spacial score (nSPS) is 11.1. The first kappa shape index (κ1) is 14.1. The monoisotopic (exact) mass is 296 g/mol. The SMILES string of the molecule is CC(C)c1nn(C)c(=O)n1-c1cccc(-c2ncccn2)n1. The van der Waals surface area contributed by atoms with E-state index in [-0.39, 0.29) is 11.6 Å². The van der Waals surface area contributed by atoms with Crippen LogP contribution in [-0.4, -0.2) is 29.3 Å². The van der Waals surface area contributed by atoms with E-state index in [9.17, 15) is 4.79 Å². The molecule has 0 N–H and O–H groups in total. The molecule has 0 atom stereocenters. The molecule has 7 nitrogen and oxygen atoms in total. The second-order valence-electron chi connectivity index (χ2n) is 5.21. The molecule has 0 unspecified atom stereocenters. The summed E-state index contributed by atoms with van der Waals surface area (Å²) in [6.07, 6.45) is 3.32. The topological polar surface area (TPSA) is 78.5 Å². The molecule has 0 saturated carbocycles. The average molecular weight is 296 g/mol. The standard InChI is InChI=1S/C15H16N6O/c1-10(2)14-19-20(3)15(22)21(14)12-7-4-6-11(18-12)13-16-8-5-9-17-13/h4-10H,1-3H3. The third-order valence-corrected chi connectivity index (χ3v) is 3.22. The summed E-state index contributed by atoms with van der Waals surface area (Å²) in [4.78, 5) is 25.2. The molecule has 112 valence electrons. The molecule has 0 aliphatic heterocycles. The Morgan fingerprint density at radius 1 is 1.09 bits per heavy atom. The summed E-state index contributed by atoms with van der Waals surface area (Å²) < 4.78 is 2.85. The van der Waals surface area contributed by atoms with Crippen LogP contribution in [0, 0.1) is 0 Å². The highest BCUT2D eigenvalue weighted by atomic mass is 16.2. The first-order valence-corrected chi connectivity index (χ1v) is 6.98. The Balaban J connectivity index is 2.17. The van der Waals surface area contributed by atoms with Gasteiger partial charge < -0.3 is 0 Å². The van der Waals surface area contributed by atoms with Gasteiger partial charge in [-0.1, -0.05) is 19.9 Å². The second kappa shape index (κ2) is 5.51. The van der Waals surface area contributed by atoms with Gasteiger partial charge in [0.1, 0.15) is 17.3 Å². The molecule has 7 heteroatoms. The number of nitrogens with zero attached hydrogens (tertiary/aromatic N) is 6. The Bertz CT molecular complexity index is 850. The van der Waals surface area contributed by atoms with E-state index in [4.69, 9.17) is 0 Å². The zero-order valence-corrected chi connectivity index (χ0v) is 12.6. The van der Waals surface area contributed by atoms with Crippen LogP contribution in [0.2, 0.25) is 0 Å². The van der Waals surface area contributed by atoms with E-state index in [1.54, 1.807) is 31.6 Å². The molecule has 0 aromatic carbocycles. The second-order valence-corrected chi connectivity index (χ2v) is 5.21. The van der Waals surface area contributed by atoms with Crippen LogP contribution in [0.4, 0.5) is 0 Å². The molecule has 0 saturated heterocycles. The lowest BCUT2D eigenvalue weighted by atomic mass is 10.2. The van der Waals surface area contributed by atoms with Crippen molar-refractivity contribution in [1.82, 2.24) is 29.3 Å². The smallest absolute Gasteiger partial charge is 0.246 e. The quantitative estimate of drug-likeness (QED) is 0.732. The average Bonchev–Trinajstić information content (AvgIpc) is 2.84. The molecule has 0 radical (unpaired) electrons. The van der Waals surface area contributed by atoms with Gasteiger partial charge in [-0.05, 0) is 18.2 Å². The van der Waals surface area contributed by atoms with Crippen molar-refractivity contribution in [2.75, 3.05) is 0 Å². The van der Waals surface area contributed by atoms with Crippen LogP contribution in [0.1, 0.15) is 25.6 Å². The summed E-state index contributed by atoms with van der Waals surface area (Å²) in [6.45, 7) is 3.98. The lowest BCUT2D eigenvalue weighted by molar-refractivity contribution is 0.695. The van der Waals surface area contributed by atoms with Gasteiger partial charge in [-0.15, -0.1) is 0 Å². The predicted molar refractivity (Wildman–Crippen MR) is 81.7 cm³/mol. The van der Waals surface area contributed by atoms with Crippen LogP contribution in [0.25, 0.3) is 17.3 Å². The highest BCUT2D eigenvalue weighted by Gasteiger charge is 2.17. The Morgan fingerprint density at radius 2 is 1.82 bits per heavy atom. The summed E-state index contributed by atoms with van der Waals surface area (Å²) in [6, 6.07) is 7.17. The van der Waals surface area contributed by atoms with Gasteiger partial charge in [-0.3, -0.25) is 0 Å². The van der Waals surface area contributed by atoms with Gasteiger partial charge in [0, 0.05) is 25.4 Å². The molecule has 3 rings (SSSR count). The van der Waals surface area contributed by atoms with Gasteiger partial charge in [0.25, 0.3) is 0 Å². The summed E-state index contributed by atoms with van der Waals surface area (Å²) in [7, 11) is 1.63. The van der Waals surface area contributed by atoms with Crippen LogP contribution >= 0.6 is 0 Å². The van der Waals surface area contributed by atoms with Gasteiger partial charge in [0.2, 0.25) is 0 Å². The van der Waals surface area contributed by atoms with E-state index in [2.05, 4.69) is 20.1 Å².